The zero-order chi connectivity index (χ0) is 14.6. The van der Waals surface area contributed by atoms with E-state index in [9.17, 15) is 15.2 Å². The lowest BCUT2D eigenvalue weighted by Crippen LogP contribution is -2.23. The Kier molecular flexibility index (Phi) is 5.71. The summed E-state index contributed by atoms with van der Waals surface area (Å²) in [6, 6.07) is 1.43. The third kappa shape index (κ3) is 4.45. The van der Waals surface area contributed by atoms with Crippen LogP contribution in [0.2, 0.25) is 0 Å². The van der Waals surface area contributed by atoms with Crippen LogP contribution < -0.4 is 4.90 Å². The Hall–Kier alpha value is -1.18. The number of likely N-dealkylation sites (N-methyl/N-ethyl adjacent to an activating group) is 1. The van der Waals surface area contributed by atoms with Gasteiger partial charge in [-0.3, -0.25) is 10.1 Å². The van der Waals surface area contributed by atoms with Crippen molar-refractivity contribution < 1.29 is 14.8 Å². The van der Waals surface area contributed by atoms with E-state index in [0.717, 1.165) is 0 Å². The van der Waals surface area contributed by atoms with Crippen LogP contribution >= 0.6 is 11.3 Å². The Morgan fingerprint density at radius 1 is 1.53 bits per heavy atom. The van der Waals surface area contributed by atoms with Gasteiger partial charge in [0.2, 0.25) is 0 Å². The largest absolute Gasteiger partial charge is 0.388 e. The van der Waals surface area contributed by atoms with E-state index in [1.165, 1.54) is 17.4 Å². The summed E-state index contributed by atoms with van der Waals surface area (Å²) in [6.45, 7) is 6.56. The maximum atomic E-state index is 11.0. The first-order valence-electron chi connectivity index (χ1n) is 6.11. The van der Waals surface area contributed by atoms with E-state index in [2.05, 4.69) is 0 Å². The summed E-state index contributed by atoms with van der Waals surface area (Å²) in [5, 5.41) is 21.1. The first-order chi connectivity index (χ1) is 8.82. The molecule has 1 aromatic heterocycles. The van der Waals surface area contributed by atoms with Crippen molar-refractivity contribution >= 4 is 22.0 Å². The van der Waals surface area contributed by atoms with Gasteiger partial charge in [0.05, 0.1) is 23.7 Å². The van der Waals surface area contributed by atoms with Gasteiger partial charge in [-0.2, -0.15) is 0 Å². The van der Waals surface area contributed by atoms with E-state index in [0.29, 0.717) is 23.0 Å². The Morgan fingerprint density at radius 2 is 2.16 bits per heavy atom. The van der Waals surface area contributed by atoms with Crippen LogP contribution in [0.4, 0.5) is 10.7 Å². The van der Waals surface area contributed by atoms with E-state index in [1.54, 1.807) is 18.9 Å². The fraction of sp³-hybridized carbons (Fsp3) is 0.667. The maximum Gasteiger partial charge on any atom is 0.304 e. The van der Waals surface area contributed by atoms with Crippen LogP contribution in [-0.4, -0.2) is 36.3 Å². The van der Waals surface area contributed by atoms with Crippen molar-refractivity contribution in [2.24, 2.45) is 0 Å². The minimum atomic E-state index is -0.697. The standard InChI is InChI=1S/C12H20N2O4S/c1-8(2)18-6-5-13(4)12-10(14(16)17)7-11(19-12)9(3)15/h7-9,15H,5-6H2,1-4H3/t9-/m0/s1. The summed E-state index contributed by atoms with van der Waals surface area (Å²) in [6.07, 6.45) is -0.558. The summed E-state index contributed by atoms with van der Waals surface area (Å²) >= 11 is 1.24. The normalized spacial score (nSPS) is 12.7. The van der Waals surface area contributed by atoms with Crippen molar-refractivity contribution in [1.29, 1.82) is 0 Å². The van der Waals surface area contributed by atoms with Crippen molar-refractivity contribution in [3.8, 4) is 0 Å². The Bertz CT molecular complexity index is 431. The Balaban J connectivity index is 2.82. The van der Waals surface area contributed by atoms with Crippen molar-refractivity contribution in [3.05, 3.63) is 21.1 Å². The van der Waals surface area contributed by atoms with Crippen molar-refractivity contribution in [2.45, 2.75) is 33.0 Å². The van der Waals surface area contributed by atoms with Crippen LogP contribution in [0.25, 0.3) is 0 Å². The molecule has 7 heteroatoms. The van der Waals surface area contributed by atoms with Crippen molar-refractivity contribution in [2.75, 3.05) is 25.1 Å². The third-order valence-electron chi connectivity index (χ3n) is 2.55. The molecule has 1 aromatic rings. The number of aliphatic hydroxyl groups is 1. The number of anilines is 1. The number of nitro groups is 1. The number of nitrogens with zero attached hydrogens (tertiary/aromatic N) is 2. The number of rotatable bonds is 7. The lowest BCUT2D eigenvalue weighted by molar-refractivity contribution is -0.383. The molecule has 1 atom stereocenters. The van der Waals surface area contributed by atoms with E-state index in [-0.39, 0.29) is 11.8 Å². The first kappa shape index (κ1) is 15.9. The lowest BCUT2D eigenvalue weighted by atomic mass is 10.3. The van der Waals surface area contributed by atoms with Crippen LogP contribution in [0.15, 0.2) is 6.07 Å². The highest BCUT2D eigenvalue weighted by atomic mass is 32.1. The fourth-order valence-electron chi connectivity index (χ4n) is 1.53. The van der Waals surface area contributed by atoms with Gasteiger partial charge in [-0.1, -0.05) is 0 Å². The molecule has 0 saturated carbocycles. The number of ether oxygens (including phenoxy) is 1. The van der Waals surface area contributed by atoms with Gasteiger partial charge in [-0.15, -0.1) is 11.3 Å². The van der Waals surface area contributed by atoms with Crippen LogP contribution in [0.3, 0.4) is 0 Å². The Morgan fingerprint density at radius 3 is 2.63 bits per heavy atom. The predicted octanol–water partition coefficient (Wildman–Crippen LogP) is 2.57. The maximum absolute atomic E-state index is 11.0. The van der Waals surface area contributed by atoms with E-state index < -0.39 is 11.0 Å². The topological polar surface area (TPSA) is 75.8 Å². The molecule has 0 amide bonds. The summed E-state index contributed by atoms with van der Waals surface area (Å²) < 4.78 is 5.43. The molecule has 0 radical (unpaired) electrons. The molecule has 0 aromatic carbocycles. The molecule has 19 heavy (non-hydrogen) atoms. The van der Waals surface area contributed by atoms with Gasteiger partial charge < -0.3 is 14.7 Å². The highest BCUT2D eigenvalue weighted by Crippen LogP contribution is 2.39. The molecule has 6 nitrogen and oxygen atoms in total. The molecular weight excluding hydrogens is 268 g/mol. The second-order valence-corrected chi connectivity index (χ2v) is 5.68. The summed E-state index contributed by atoms with van der Waals surface area (Å²) in [7, 11) is 1.79. The summed E-state index contributed by atoms with van der Waals surface area (Å²) in [5.41, 5.74) is 0.0351. The van der Waals surface area contributed by atoms with Crippen LogP contribution in [0.1, 0.15) is 31.8 Å². The molecule has 1 N–H and O–H groups in total. The zero-order valence-electron chi connectivity index (χ0n) is 11.6. The zero-order valence-corrected chi connectivity index (χ0v) is 12.4. The summed E-state index contributed by atoms with van der Waals surface area (Å²) in [5.74, 6) is 0. The molecule has 1 rings (SSSR count). The average Bonchev–Trinajstić information content (AvgIpc) is 2.73. The van der Waals surface area contributed by atoms with Crippen molar-refractivity contribution in [3.63, 3.8) is 0 Å². The van der Waals surface area contributed by atoms with E-state index in [4.69, 9.17) is 4.74 Å². The van der Waals surface area contributed by atoms with Crippen molar-refractivity contribution in [1.82, 2.24) is 0 Å². The molecular formula is C12H20N2O4S. The molecule has 0 bridgehead atoms. The van der Waals surface area contributed by atoms with Crippen LogP contribution in [0, 0.1) is 10.1 Å². The van der Waals surface area contributed by atoms with Crippen LogP contribution in [-0.2, 0) is 4.74 Å². The highest BCUT2D eigenvalue weighted by molar-refractivity contribution is 7.16. The number of aliphatic hydroxyl groups excluding tert-OH is 1. The lowest BCUT2D eigenvalue weighted by Gasteiger charge is -2.17. The number of hydrogen-bond acceptors (Lipinski definition) is 6. The molecule has 0 aliphatic carbocycles. The quantitative estimate of drug-likeness (QED) is 0.616. The van der Waals surface area contributed by atoms with Gasteiger partial charge in [0.25, 0.3) is 0 Å². The second-order valence-electron chi connectivity index (χ2n) is 4.61. The van der Waals surface area contributed by atoms with Gasteiger partial charge in [-0.05, 0) is 20.8 Å². The minimum absolute atomic E-state index is 0.0351. The molecule has 0 spiro atoms. The van der Waals surface area contributed by atoms with E-state index in [1.807, 2.05) is 13.8 Å². The van der Waals surface area contributed by atoms with Gasteiger partial charge in [0.15, 0.2) is 5.00 Å². The second kappa shape index (κ2) is 6.83. The monoisotopic (exact) mass is 288 g/mol. The molecule has 0 saturated heterocycles. The van der Waals surface area contributed by atoms with Gasteiger partial charge in [0.1, 0.15) is 0 Å². The molecule has 0 fully saturated rings. The molecule has 0 aliphatic rings. The van der Waals surface area contributed by atoms with Gasteiger partial charge in [-0.25, -0.2) is 0 Å². The Labute approximate surface area is 116 Å². The van der Waals surface area contributed by atoms with Crippen LogP contribution in [0.5, 0.6) is 0 Å². The van der Waals surface area contributed by atoms with E-state index >= 15 is 0 Å². The predicted molar refractivity (Wildman–Crippen MR) is 76.0 cm³/mol. The fourth-order valence-corrected chi connectivity index (χ4v) is 2.58. The third-order valence-corrected chi connectivity index (χ3v) is 3.95. The highest BCUT2D eigenvalue weighted by Gasteiger charge is 2.23. The molecule has 1 heterocycles. The molecule has 108 valence electrons. The minimum Gasteiger partial charge on any atom is -0.388 e. The smallest absolute Gasteiger partial charge is 0.304 e. The van der Waals surface area contributed by atoms with Gasteiger partial charge in [0, 0.05) is 24.5 Å². The SMILES string of the molecule is CC(C)OCCN(C)c1sc([C@H](C)O)cc1[N+](=O)[O-]. The number of hydrogen-bond donors (Lipinski definition) is 1. The van der Waals surface area contributed by atoms with Gasteiger partial charge >= 0.3 is 5.69 Å². The first-order valence-corrected chi connectivity index (χ1v) is 6.93. The average molecular weight is 288 g/mol. The molecule has 0 aliphatic heterocycles. The number of thiophene rings is 1. The molecule has 0 unspecified atom stereocenters. The summed E-state index contributed by atoms with van der Waals surface area (Å²) in [4.78, 5) is 13.0.